The summed E-state index contributed by atoms with van der Waals surface area (Å²) < 4.78 is 7.41. The third kappa shape index (κ3) is 2.12. The lowest BCUT2D eigenvalue weighted by Crippen LogP contribution is -2.25. The molecule has 1 amide bonds. The minimum atomic E-state index is 0.00643. The van der Waals surface area contributed by atoms with E-state index in [9.17, 15) is 4.79 Å². The molecule has 7 nitrogen and oxygen atoms in total. The van der Waals surface area contributed by atoms with Crippen LogP contribution in [0.25, 0.3) is 17.3 Å². The zero-order chi connectivity index (χ0) is 17.1. The summed E-state index contributed by atoms with van der Waals surface area (Å²) in [5.41, 5.74) is 4.02. The van der Waals surface area contributed by atoms with Crippen molar-refractivity contribution in [1.82, 2.24) is 24.6 Å². The second-order valence-corrected chi connectivity index (χ2v) is 6.77. The molecule has 3 heterocycles. The van der Waals surface area contributed by atoms with Gasteiger partial charge in [-0.15, -0.1) is 0 Å². The molecule has 2 aliphatic rings. The van der Waals surface area contributed by atoms with E-state index in [1.807, 2.05) is 29.7 Å². The highest BCUT2D eigenvalue weighted by Crippen LogP contribution is 2.39. The number of nitrogens with zero attached hydrogens (tertiary/aromatic N) is 5. The first kappa shape index (κ1) is 14.4. The molecule has 1 fully saturated rings. The largest absolute Gasteiger partial charge is 0.336 e. The number of hydrogen-bond acceptors (Lipinski definition) is 5. The van der Waals surface area contributed by atoms with Crippen LogP contribution >= 0.6 is 0 Å². The van der Waals surface area contributed by atoms with Gasteiger partial charge in [0.2, 0.25) is 0 Å². The van der Waals surface area contributed by atoms with Gasteiger partial charge in [-0.1, -0.05) is 17.3 Å². The zero-order valence-electron chi connectivity index (χ0n) is 14.1. The van der Waals surface area contributed by atoms with Gasteiger partial charge in [0.05, 0.1) is 23.5 Å². The first-order valence-corrected chi connectivity index (χ1v) is 8.39. The minimum Gasteiger partial charge on any atom is -0.336 e. The highest BCUT2D eigenvalue weighted by molar-refractivity contribution is 5.99. The SMILES string of the molecule is Cc1cccc2c1C(=O)N(C)Cc1c(-c3nc(C4CC4)no3)ncn1-2. The van der Waals surface area contributed by atoms with E-state index < -0.39 is 0 Å². The van der Waals surface area contributed by atoms with Gasteiger partial charge in [0.1, 0.15) is 6.33 Å². The smallest absolute Gasteiger partial charge is 0.278 e. The first-order chi connectivity index (χ1) is 12.1. The lowest BCUT2D eigenvalue weighted by atomic mass is 10.1. The van der Waals surface area contributed by atoms with Gasteiger partial charge in [0.15, 0.2) is 11.5 Å². The lowest BCUT2D eigenvalue weighted by Gasteiger charge is -2.15. The fourth-order valence-corrected chi connectivity index (χ4v) is 3.37. The first-order valence-electron chi connectivity index (χ1n) is 8.39. The quantitative estimate of drug-likeness (QED) is 0.719. The van der Waals surface area contributed by atoms with E-state index in [0.717, 1.165) is 35.6 Å². The fourth-order valence-electron chi connectivity index (χ4n) is 3.37. The number of aromatic nitrogens is 4. The standard InChI is InChI=1S/C18H17N5O2/c1-10-4-3-5-12-14(10)18(24)22(2)8-13-15(19-9-23(12)13)17-20-16(21-25-17)11-6-7-11/h3-5,9,11H,6-8H2,1-2H3. The Hall–Kier alpha value is -2.96. The monoisotopic (exact) mass is 335 g/mol. The number of imidazole rings is 1. The number of amides is 1. The summed E-state index contributed by atoms with van der Waals surface area (Å²) >= 11 is 0. The second kappa shape index (κ2) is 5.02. The summed E-state index contributed by atoms with van der Waals surface area (Å²) in [5, 5.41) is 4.08. The molecule has 0 N–H and O–H groups in total. The number of carbonyl (C=O) groups is 1. The minimum absolute atomic E-state index is 0.00643. The molecule has 0 bridgehead atoms. The van der Waals surface area contributed by atoms with E-state index in [2.05, 4.69) is 15.1 Å². The maximum atomic E-state index is 12.8. The van der Waals surface area contributed by atoms with Crippen molar-refractivity contribution in [2.45, 2.75) is 32.2 Å². The van der Waals surface area contributed by atoms with Crippen molar-refractivity contribution in [2.24, 2.45) is 0 Å². The molecular formula is C18H17N5O2. The number of fused-ring (bicyclic) bond motifs is 3. The van der Waals surface area contributed by atoms with Gasteiger partial charge in [-0.05, 0) is 31.4 Å². The number of hydrogen-bond donors (Lipinski definition) is 0. The molecule has 0 radical (unpaired) electrons. The van der Waals surface area contributed by atoms with Crippen molar-refractivity contribution >= 4 is 5.91 Å². The third-order valence-corrected chi connectivity index (χ3v) is 4.91. The van der Waals surface area contributed by atoms with E-state index in [4.69, 9.17) is 4.52 Å². The average Bonchev–Trinajstić information content (AvgIpc) is 3.22. The van der Waals surface area contributed by atoms with Gasteiger partial charge in [0, 0.05) is 13.0 Å². The van der Waals surface area contributed by atoms with Gasteiger partial charge >= 0.3 is 0 Å². The van der Waals surface area contributed by atoms with E-state index >= 15 is 0 Å². The van der Waals surface area contributed by atoms with Crippen LogP contribution in [0.5, 0.6) is 0 Å². The Morgan fingerprint density at radius 2 is 2.12 bits per heavy atom. The van der Waals surface area contributed by atoms with Gasteiger partial charge < -0.3 is 9.42 Å². The van der Waals surface area contributed by atoms with Crippen molar-refractivity contribution < 1.29 is 9.32 Å². The van der Waals surface area contributed by atoms with Crippen LogP contribution in [0.15, 0.2) is 29.0 Å². The van der Waals surface area contributed by atoms with Gasteiger partial charge in [-0.2, -0.15) is 4.98 Å². The van der Waals surface area contributed by atoms with Crippen LogP contribution in [0, 0.1) is 6.92 Å². The van der Waals surface area contributed by atoms with Crippen LogP contribution in [0.4, 0.5) is 0 Å². The lowest BCUT2D eigenvalue weighted by molar-refractivity contribution is 0.0787. The number of carbonyl (C=O) groups excluding carboxylic acids is 1. The van der Waals surface area contributed by atoms with Crippen LogP contribution in [0.1, 0.15) is 46.2 Å². The van der Waals surface area contributed by atoms with E-state index in [1.165, 1.54) is 0 Å². The van der Waals surface area contributed by atoms with Crippen LogP contribution in [0.2, 0.25) is 0 Å². The number of aryl methyl sites for hydroxylation is 1. The van der Waals surface area contributed by atoms with Crippen LogP contribution in [-0.4, -0.2) is 37.5 Å². The molecule has 0 atom stereocenters. The molecule has 25 heavy (non-hydrogen) atoms. The van der Waals surface area contributed by atoms with Crippen molar-refractivity contribution in [2.75, 3.05) is 7.05 Å². The predicted molar refractivity (Wildman–Crippen MR) is 89.4 cm³/mol. The molecule has 126 valence electrons. The van der Waals surface area contributed by atoms with Crippen molar-refractivity contribution in [3.05, 3.63) is 47.2 Å². The van der Waals surface area contributed by atoms with Crippen molar-refractivity contribution in [1.29, 1.82) is 0 Å². The average molecular weight is 335 g/mol. The molecule has 0 unspecified atom stereocenters. The predicted octanol–water partition coefficient (Wildman–Crippen LogP) is 2.69. The Morgan fingerprint density at radius 1 is 1.28 bits per heavy atom. The molecule has 3 aromatic rings. The van der Waals surface area contributed by atoms with E-state index in [-0.39, 0.29) is 5.91 Å². The zero-order valence-corrected chi connectivity index (χ0v) is 14.1. The normalized spacial score (nSPS) is 16.6. The maximum absolute atomic E-state index is 12.8. The molecular weight excluding hydrogens is 318 g/mol. The van der Waals surface area contributed by atoms with Crippen LogP contribution < -0.4 is 0 Å². The Kier molecular flexibility index (Phi) is 2.89. The highest BCUT2D eigenvalue weighted by atomic mass is 16.5. The Labute approximate surface area is 144 Å². The number of benzene rings is 1. The van der Waals surface area contributed by atoms with E-state index in [0.29, 0.717) is 29.6 Å². The molecule has 0 spiro atoms. The maximum Gasteiger partial charge on any atom is 0.278 e. The summed E-state index contributed by atoms with van der Waals surface area (Å²) in [6.07, 6.45) is 3.96. The molecule has 1 aliphatic carbocycles. The van der Waals surface area contributed by atoms with E-state index in [1.54, 1.807) is 18.3 Å². The molecule has 5 rings (SSSR count). The number of rotatable bonds is 2. The molecule has 7 heteroatoms. The molecule has 0 saturated heterocycles. The Morgan fingerprint density at radius 3 is 2.92 bits per heavy atom. The second-order valence-electron chi connectivity index (χ2n) is 6.77. The molecule has 1 aliphatic heterocycles. The van der Waals surface area contributed by atoms with Gasteiger partial charge in [-0.3, -0.25) is 9.36 Å². The summed E-state index contributed by atoms with van der Waals surface area (Å²) in [6.45, 7) is 2.39. The van der Waals surface area contributed by atoms with Crippen LogP contribution in [0.3, 0.4) is 0 Å². The summed E-state index contributed by atoms with van der Waals surface area (Å²) in [6, 6.07) is 5.85. The molecule has 1 saturated carbocycles. The highest BCUT2D eigenvalue weighted by Gasteiger charge is 2.32. The molecule has 1 aromatic carbocycles. The van der Waals surface area contributed by atoms with Crippen molar-refractivity contribution in [3.63, 3.8) is 0 Å². The topological polar surface area (TPSA) is 77.1 Å². The molecule has 2 aromatic heterocycles. The third-order valence-electron chi connectivity index (χ3n) is 4.91. The summed E-state index contributed by atoms with van der Waals surface area (Å²) in [7, 11) is 1.80. The fraction of sp³-hybridized carbons (Fsp3) is 0.333. The summed E-state index contributed by atoms with van der Waals surface area (Å²) in [5.74, 6) is 1.61. The van der Waals surface area contributed by atoms with Crippen molar-refractivity contribution in [3.8, 4) is 17.3 Å². The van der Waals surface area contributed by atoms with Gasteiger partial charge in [-0.25, -0.2) is 4.98 Å². The van der Waals surface area contributed by atoms with Crippen LogP contribution in [-0.2, 0) is 6.54 Å². The Bertz CT molecular complexity index is 999. The summed E-state index contributed by atoms with van der Waals surface area (Å²) in [4.78, 5) is 23.6. The van der Waals surface area contributed by atoms with Gasteiger partial charge in [0.25, 0.3) is 11.8 Å². The Balaban J connectivity index is 1.69.